The zero-order valence-corrected chi connectivity index (χ0v) is 29.5. The second-order valence-corrected chi connectivity index (χ2v) is 15.6. The molecule has 1 saturated heterocycles. The second kappa shape index (κ2) is 13.6. The van der Waals surface area contributed by atoms with Crippen LogP contribution < -0.4 is 10.1 Å². The van der Waals surface area contributed by atoms with Gasteiger partial charge in [0.2, 0.25) is 0 Å². The number of pyridine rings is 1. The van der Waals surface area contributed by atoms with E-state index in [1.165, 1.54) is 6.07 Å². The van der Waals surface area contributed by atoms with Crippen molar-refractivity contribution in [1.82, 2.24) is 19.8 Å². The number of nitrogens with one attached hydrogen (secondary N) is 1. The molecule has 4 aliphatic rings. The lowest BCUT2D eigenvalue weighted by Gasteiger charge is -2.46. The molecule has 0 radical (unpaired) electrons. The first-order chi connectivity index (χ1) is 24.6. The van der Waals surface area contributed by atoms with Crippen LogP contribution in [-0.2, 0) is 15.7 Å². The molecule has 3 saturated carbocycles. The number of methoxy groups -OCH3 is 1. The fourth-order valence-corrected chi connectivity index (χ4v) is 9.41. The maximum absolute atomic E-state index is 14.7. The standard InChI is InChI=1S/C38H45F5N4O5/c1-21-12-23-14-24(13-21)37(16-23,35(49)50)45-34(48)29-10-11-31(44-33(29)38(41,42)43)30-17-47(22(2)18-51-3)32-15-27(8-9-28(30)32)52-26-6-4-25(5-7-26)46-19-36(39,40)20-46/h8-11,15,17,21-26H,4-7,12-14,16,18-20H2,1-3H3,(H,45,48)(H,49,50)/t21?,22-,23?,24?,25?,26?,37?/m1/s1. The maximum Gasteiger partial charge on any atom is 0.434 e. The molecule has 3 aromatic rings. The summed E-state index contributed by atoms with van der Waals surface area (Å²) in [5.74, 6) is -4.38. The van der Waals surface area contributed by atoms with E-state index in [9.17, 15) is 36.6 Å². The molecule has 9 nitrogen and oxygen atoms in total. The third-order valence-corrected chi connectivity index (χ3v) is 11.8. The first-order valence-electron chi connectivity index (χ1n) is 18.1. The van der Waals surface area contributed by atoms with Crippen molar-refractivity contribution in [1.29, 1.82) is 0 Å². The highest BCUT2D eigenvalue weighted by Gasteiger charge is 2.56. The van der Waals surface area contributed by atoms with Gasteiger partial charge in [-0.2, -0.15) is 13.2 Å². The maximum atomic E-state index is 14.7. The van der Waals surface area contributed by atoms with E-state index in [4.69, 9.17) is 9.47 Å². The van der Waals surface area contributed by atoms with E-state index in [0.29, 0.717) is 41.7 Å². The van der Waals surface area contributed by atoms with E-state index in [2.05, 4.69) is 10.3 Å². The first kappa shape index (κ1) is 36.6. The number of nitrogens with zero attached hydrogens (tertiary/aromatic N) is 3. The van der Waals surface area contributed by atoms with Crippen LogP contribution in [0.25, 0.3) is 22.2 Å². The van der Waals surface area contributed by atoms with Crippen LogP contribution in [0, 0.1) is 17.8 Å². The number of carbonyl (C=O) groups excluding carboxylic acids is 1. The van der Waals surface area contributed by atoms with Crippen molar-refractivity contribution in [3.8, 4) is 17.0 Å². The molecule has 3 aliphatic carbocycles. The van der Waals surface area contributed by atoms with Gasteiger partial charge >= 0.3 is 12.1 Å². The number of aliphatic carboxylic acids is 1. The van der Waals surface area contributed by atoms with Gasteiger partial charge < -0.3 is 24.5 Å². The van der Waals surface area contributed by atoms with E-state index in [1.807, 2.05) is 29.4 Å². The van der Waals surface area contributed by atoms with Gasteiger partial charge in [0.15, 0.2) is 5.69 Å². The molecule has 2 aromatic heterocycles. The molecule has 1 aliphatic heterocycles. The molecule has 7 rings (SSSR count). The zero-order chi connectivity index (χ0) is 37.2. The highest BCUT2D eigenvalue weighted by molar-refractivity contribution is 6.00. The molecule has 4 fully saturated rings. The van der Waals surface area contributed by atoms with Gasteiger partial charge in [-0.3, -0.25) is 9.69 Å². The molecule has 2 N–H and O–H groups in total. The molecule has 5 atom stereocenters. The van der Waals surface area contributed by atoms with Crippen LogP contribution in [0.5, 0.6) is 5.75 Å². The zero-order valence-electron chi connectivity index (χ0n) is 29.5. The SMILES string of the molecule is COC[C@@H](C)n1cc(-c2ccc(C(=O)NC3(C(=O)O)CC4CC(C)CC3C4)c(C(F)(F)F)n2)c2ccc(OC3CCC(N4CC(F)(F)C4)CC3)cc21. The summed E-state index contributed by atoms with van der Waals surface area (Å²) in [6.07, 6.45) is 1.76. The summed E-state index contributed by atoms with van der Waals surface area (Å²) in [6, 6.07) is 7.72. The van der Waals surface area contributed by atoms with Crippen molar-refractivity contribution in [3.63, 3.8) is 0 Å². The number of hydrogen-bond donors (Lipinski definition) is 2. The van der Waals surface area contributed by atoms with Crippen LogP contribution in [0.2, 0.25) is 0 Å². The number of carboxylic acid groups (broad SMARTS) is 1. The molecule has 1 aromatic carbocycles. The quantitative estimate of drug-likeness (QED) is 0.207. The van der Waals surface area contributed by atoms with Gasteiger partial charge in [-0.25, -0.2) is 18.6 Å². The Morgan fingerprint density at radius 3 is 2.46 bits per heavy atom. The van der Waals surface area contributed by atoms with Crippen molar-refractivity contribution in [2.75, 3.05) is 26.8 Å². The Morgan fingerprint density at radius 1 is 1.08 bits per heavy atom. The van der Waals surface area contributed by atoms with Gasteiger partial charge in [0.25, 0.3) is 11.8 Å². The first-order valence-corrected chi connectivity index (χ1v) is 18.1. The van der Waals surface area contributed by atoms with Crippen molar-refractivity contribution >= 4 is 22.8 Å². The van der Waals surface area contributed by atoms with Gasteiger partial charge in [-0.05, 0) is 100 Å². The molecule has 14 heteroatoms. The molecule has 282 valence electrons. The summed E-state index contributed by atoms with van der Waals surface area (Å²) in [5.41, 5.74) is -2.65. The Labute approximate surface area is 298 Å². The van der Waals surface area contributed by atoms with E-state index in [-0.39, 0.29) is 61.1 Å². The van der Waals surface area contributed by atoms with Gasteiger partial charge in [-0.1, -0.05) is 6.92 Å². The highest BCUT2D eigenvalue weighted by atomic mass is 19.4. The van der Waals surface area contributed by atoms with Gasteiger partial charge in [0.1, 0.15) is 11.3 Å². The Hall–Kier alpha value is -3.78. The molecule has 52 heavy (non-hydrogen) atoms. The number of fused-ring (bicyclic) bond motifs is 3. The number of aromatic nitrogens is 2. The number of likely N-dealkylation sites (tertiary alicyclic amines) is 1. The van der Waals surface area contributed by atoms with E-state index in [0.717, 1.165) is 38.2 Å². The third kappa shape index (κ3) is 6.88. The van der Waals surface area contributed by atoms with Crippen molar-refractivity contribution in [2.24, 2.45) is 17.8 Å². The van der Waals surface area contributed by atoms with E-state index >= 15 is 0 Å². The van der Waals surface area contributed by atoms with Crippen molar-refractivity contribution in [3.05, 3.63) is 47.8 Å². The minimum absolute atomic E-state index is 0.000648. The number of carbonyl (C=O) groups is 2. The van der Waals surface area contributed by atoms with Crippen molar-refractivity contribution < 1.29 is 46.1 Å². The smallest absolute Gasteiger partial charge is 0.434 e. The Balaban J connectivity index is 1.16. The largest absolute Gasteiger partial charge is 0.490 e. The normalized spacial score (nSPS) is 29.4. The number of ether oxygens (including phenoxy) is 2. The average Bonchev–Trinajstić information content (AvgIpc) is 3.57. The van der Waals surface area contributed by atoms with Crippen LogP contribution in [0.3, 0.4) is 0 Å². The van der Waals surface area contributed by atoms with Crippen molar-refractivity contribution in [2.45, 2.75) is 101 Å². The van der Waals surface area contributed by atoms with Gasteiger partial charge in [0, 0.05) is 36.4 Å². The Morgan fingerprint density at radius 2 is 1.81 bits per heavy atom. The summed E-state index contributed by atoms with van der Waals surface area (Å²) in [5, 5.41) is 13.4. The van der Waals surface area contributed by atoms with Crippen LogP contribution in [0.1, 0.15) is 87.3 Å². The molecule has 0 spiro atoms. The van der Waals surface area contributed by atoms with Gasteiger partial charge in [-0.15, -0.1) is 0 Å². The van der Waals surface area contributed by atoms with Crippen LogP contribution in [0.15, 0.2) is 36.5 Å². The van der Waals surface area contributed by atoms with E-state index < -0.39 is 40.8 Å². The van der Waals surface area contributed by atoms with Crippen LogP contribution >= 0.6 is 0 Å². The fourth-order valence-electron chi connectivity index (χ4n) is 9.41. The molecular formula is C38H45F5N4O5. The lowest BCUT2D eigenvalue weighted by Crippen LogP contribution is -2.60. The monoisotopic (exact) mass is 732 g/mol. The van der Waals surface area contributed by atoms with Gasteiger partial charge in [0.05, 0.1) is 48.6 Å². The summed E-state index contributed by atoms with van der Waals surface area (Å²) >= 11 is 0. The lowest BCUT2D eigenvalue weighted by atomic mass is 9.78. The van der Waals surface area contributed by atoms with Crippen LogP contribution in [-0.4, -0.2) is 81.8 Å². The highest BCUT2D eigenvalue weighted by Crippen LogP contribution is 2.51. The van der Waals surface area contributed by atoms with Crippen LogP contribution in [0.4, 0.5) is 22.0 Å². The summed E-state index contributed by atoms with van der Waals surface area (Å²) in [7, 11) is 1.56. The third-order valence-electron chi connectivity index (χ3n) is 11.8. The topological polar surface area (TPSA) is 106 Å². The molecule has 4 unspecified atom stereocenters. The number of halogens is 5. The average molecular weight is 733 g/mol. The Kier molecular flexibility index (Phi) is 9.54. The predicted octanol–water partition coefficient (Wildman–Crippen LogP) is 7.58. The minimum Gasteiger partial charge on any atom is -0.490 e. The minimum atomic E-state index is -5.00. The number of carboxylic acids is 1. The number of benzene rings is 1. The molecular weight excluding hydrogens is 687 g/mol. The lowest BCUT2D eigenvalue weighted by molar-refractivity contribution is -0.151. The summed E-state index contributed by atoms with van der Waals surface area (Å²) in [4.78, 5) is 32.0. The molecule has 3 heterocycles. The fraction of sp³-hybridized carbons (Fsp3) is 0.605. The van der Waals surface area contributed by atoms with E-state index in [1.54, 1.807) is 25.4 Å². The Bertz CT molecular complexity index is 1830. The summed E-state index contributed by atoms with van der Waals surface area (Å²) < 4.78 is 84.4. The second-order valence-electron chi connectivity index (χ2n) is 15.6. The number of rotatable bonds is 10. The number of alkyl halides is 5. The summed E-state index contributed by atoms with van der Waals surface area (Å²) in [6.45, 7) is 3.87. The predicted molar refractivity (Wildman–Crippen MR) is 182 cm³/mol. The molecule has 2 bridgehead atoms. The molecule has 1 amide bonds. The number of hydrogen-bond acceptors (Lipinski definition) is 6. The number of amides is 1.